The molecule has 0 saturated heterocycles. The zero-order valence-electron chi connectivity index (χ0n) is 19.5. The average Bonchev–Trinajstić information content (AvgIpc) is 2.65. The van der Waals surface area contributed by atoms with Crippen molar-refractivity contribution in [3.63, 3.8) is 0 Å². The average molecular weight is 413 g/mol. The molecule has 0 amide bonds. The maximum absolute atomic E-state index is 12.9. The highest BCUT2D eigenvalue weighted by Crippen LogP contribution is 2.22. The third-order valence-electron chi connectivity index (χ3n) is 5.50. The van der Waals surface area contributed by atoms with Crippen molar-refractivity contribution in [3.8, 4) is 0 Å². The van der Waals surface area contributed by atoms with E-state index in [0.717, 1.165) is 38.5 Å². The minimum absolute atomic E-state index is 0.117. The van der Waals surface area contributed by atoms with Crippen LogP contribution in [0.5, 0.6) is 0 Å². The number of aliphatic carboxylic acids is 1. The molecule has 0 heterocycles. The molecule has 0 aromatic carbocycles. The van der Waals surface area contributed by atoms with Gasteiger partial charge in [0.25, 0.3) is 0 Å². The molecule has 0 radical (unpaired) electrons. The predicted molar refractivity (Wildman–Crippen MR) is 120 cm³/mol. The molecule has 0 aliphatic heterocycles. The third-order valence-corrected chi connectivity index (χ3v) is 5.50. The number of likely N-dealkylation sites (N-methyl/N-ethyl adjacent to an activating group) is 1. The van der Waals surface area contributed by atoms with Crippen molar-refractivity contribution in [3.05, 3.63) is 12.8 Å². The second-order valence-electron chi connectivity index (χ2n) is 8.90. The van der Waals surface area contributed by atoms with Crippen LogP contribution in [-0.2, 0) is 14.3 Å². The molecule has 0 bridgehead atoms. The highest BCUT2D eigenvalue weighted by atomic mass is 16.5. The van der Waals surface area contributed by atoms with Crippen molar-refractivity contribution in [2.45, 2.75) is 103 Å². The van der Waals surface area contributed by atoms with Crippen LogP contribution in [0.25, 0.3) is 0 Å². The third kappa shape index (κ3) is 15.2. The molecule has 29 heavy (non-hydrogen) atoms. The lowest BCUT2D eigenvalue weighted by molar-refractivity contribution is -0.841. The van der Waals surface area contributed by atoms with Crippen molar-refractivity contribution < 1.29 is 23.9 Å². The summed E-state index contributed by atoms with van der Waals surface area (Å²) in [7, 11) is 3.85. The summed E-state index contributed by atoms with van der Waals surface area (Å²) < 4.78 is 6.14. The van der Waals surface area contributed by atoms with Gasteiger partial charge in [-0.05, 0) is 19.4 Å². The molecule has 0 fully saturated rings. The summed E-state index contributed by atoms with van der Waals surface area (Å²) in [5, 5.41) is 9.23. The minimum Gasteiger partial charge on any atom is -0.481 e. The van der Waals surface area contributed by atoms with Gasteiger partial charge in [0.05, 0.1) is 32.6 Å². The molecular weight excluding hydrogens is 366 g/mol. The van der Waals surface area contributed by atoms with Crippen LogP contribution in [0, 0.1) is 5.92 Å². The van der Waals surface area contributed by atoms with Crippen molar-refractivity contribution >= 4 is 11.9 Å². The van der Waals surface area contributed by atoms with Gasteiger partial charge in [0.1, 0.15) is 6.54 Å². The summed E-state index contributed by atoms with van der Waals surface area (Å²) in [4.78, 5) is 24.1. The van der Waals surface area contributed by atoms with Gasteiger partial charge in [-0.1, -0.05) is 78.1 Å². The Morgan fingerprint density at radius 3 is 1.90 bits per heavy atom. The molecule has 170 valence electrons. The Morgan fingerprint density at radius 2 is 1.41 bits per heavy atom. The number of unbranched alkanes of at least 4 members (excludes halogenated alkanes) is 8. The van der Waals surface area contributed by atoms with Crippen LogP contribution in [0.15, 0.2) is 12.8 Å². The van der Waals surface area contributed by atoms with E-state index in [1.165, 1.54) is 38.5 Å². The lowest BCUT2D eigenvalue weighted by Crippen LogP contribution is -2.43. The lowest BCUT2D eigenvalue weighted by atomic mass is 9.94. The first-order valence-electron chi connectivity index (χ1n) is 11.6. The number of ether oxygens (including phenoxy) is 1. The smallest absolute Gasteiger partial charge is 0.309 e. The minimum atomic E-state index is -0.942. The molecule has 1 N–H and O–H groups in total. The number of carbonyl (C=O) groups is 2. The van der Waals surface area contributed by atoms with Crippen molar-refractivity contribution in [2.24, 2.45) is 5.92 Å². The molecule has 0 aliphatic carbocycles. The molecule has 0 aromatic heterocycles. The quantitative estimate of drug-likeness (QED) is 0.162. The fourth-order valence-electron chi connectivity index (χ4n) is 3.57. The maximum atomic E-state index is 12.9. The maximum Gasteiger partial charge on any atom is 0.309 e. The zero-order valence-corrected chi connectivity index (χ0v) is 19.5. The molecule has 2 atom stereocenters. The van der Waals surface area contributed by atoms with Gasteiger partial charge in [0.2, 0.25) is 0 Å². The first-order valence-corrected chi connectivity index (χ1v) is 11.6. The highest BCUT2D eigenvalue weighted by molar-refractivity contribution is 5.73. The summed E-state index contributed by atoms with van der Waals surface area (Å²) in [6.07, 6.45) is 14.3. The van der Waals surface area contributed by atoms with Crippen LogP contribution in [0.4, 0.5) is 0 Å². The number of esters is 1. The Morgan fingerprint density at radius 1 is 0.931 bits per heavy atom. The number of hydrogen-bond donors (Lipinski definition) is 1. The van der Waals surface area contributed by atoms with Crippen molar-refractivity contribution in [2.75, 3.05) is 20.6 Å². The van der Waals surface area contributed by atoms with Crippen LogP contribution in [0.3, 0.4) is 0 Å². The number of carboxylic acids is 1. The van der Waals surface area contributed by atoms with E-state index in [1.807, 2.05) is 14.1 Å². The normalized spacial score (nSPS) is 13.7. The first kappa shape index (κ1) is 27.6. The number of carbonyl (C=O) groups excluding carboxylic acids is 1. The van der Waals surface area contributed by atoms with Gasteiger partial charge in [-0.25, -0.2) is 0 Å². The molecule has 2 unspecified atom stereocenters. The lowest BCUT2D eigenvalue weighted by Gasteiger charge is -2.29. The van der Waals surface area contributed by atoms with Crippen molar-refractivity contribution in [1.29, 1.82) is 0 Å². The van der Waals surface area contributed by atoms with Crippen molar-refractivity contribution in [1.82, 2.24) is 0 Å². The van der Waals surface area contributed by atoms with Gasteiger partial charge in [-0.3, -0.25) is 14.1 Å². The fourth-order valence-corrected chi connectivity index (χ4v) is 3.57. The SMILES string of the molecule is C=C[N+](C)(C)CC(CC(=O)O)OC(=O)C(CCCCCC)CCCCCCCC. The molecule has 0 spiro atoms. The Labute approximate surface area is 179 Å². The zero-order chi connectivity index (χ0) is 22.1. The highest BCUT2D eigenvalue weighted by Gasteiger charge is 2.29. The second-order valence-corrected chi connectivity index (χ2v) is 8.90. The topological polar surface area (TPSA) is 63.6 Å². The first-order chi connectivity index (χ1) is 13.8. The summed E-state index contributed by atoms with van der Waals surface area (Å²) in [5.74, 6) is -1.28. The van der Waals surface area contributed by atoms with Gasteiger partial charge < -0.3 is 9.84 Å². The standard InChI is InChI=1S/C24H45NO4/c1-6-9-11-13-14-16-18-21(17-15-12-10-7-2)24(28)29-22(19-23(26)27)20-25(4,5)8-3/h8,21-22H,3,6-7,9-20H2,1-2,4-5H3/p+1. The van der Waals surface area contributed by atoms with E-state index < -0.39 is 12.1 Å². The van der Waals surface area contributed by atoms with E-state index in [4.69, 9.17) is 4.74 Å². The largest absolute Gasteiger partial charge is 0.481 e. The van der Waals surface area contributed by atoms with E-state index in [2.05, 4.69) is 20.4 Å². The molecule has 0 aromatic rings. The molecule has 5 heteroatoms. The second kappa shape index (κ2) is 16.4. The molecule has 5 nitrogen and oxygen atoms in total. The number of carboxylic acid groups (broad SMARTS) is 1. The van der Waals surface area contributed by atoms with Crippen LogP contribution in [0.2, 0.25) is 0 Å². The summed E-state index contributed by atoms with van der Waals surface area (Å²) in [6.45, 7) is 8.60. The van der Waals surface area contributed by atoms with E-state index in [9.17, 15) is 14.7 Å². The number of quaternary nitrogens is 1. The monoisotopic (exact) mass is 412 g/mol. The Kier molecular flexibility index (Phi) is 15.7. The van der Waals surface area contributed by atoms with Gasteiger partial charge in [-0.2, -0.15) is 0 Å². The molecule has 0 aliphatic rings. The van der Waals surface area contributed by atoms with E-state index >= 15 is 0 Å². The summed E-state index contributed by atoms with van der Waals surface area (Å²) >= 11 is 0. The number of nitrogens with zero attached hydrogens (tertiary/aromatic N) is 1. The number of hydrogen-bond acceptors (Lipinski definition) is 3. The van der Waals surface area contributed by atoms with E-state index in [0.29, 0.717) is 11.0 Å². The number of rotatable bonds is 19. The Hall–Kier alpha value is -1.36. The van der Waals surface area contributed by atoms with Crippen LogP contribution in [-0.4, -0.2) is 48.3 Å². The van der Waals surface area contributed by atoms with E-state index in [1.54, 1.807) is 6.20 Å². The molecule has 0 saturated carbocycles. The van der Waals surface area contributed by atoms with Gasteiger partial charge in [0, 0.05) is 0 Å². The molecule has 0 rings (SSSR count). The Bertz CT molecular complexity index is 462. The van der Waals surface area contributed by atoms with Gasteiger partial charge in [-0.15, -0.1) is 0 Å². The summed E-state index contributed by atoms with van der Waals surface area (Å²) in [5.41, 5.74) is 0. The fraction of sp³-hybridized carbons (Fsp3) is 0.833. The Balaban J connectivity index is 4.82. The van der Waals surface area contributed by atoms with Crippen LogP contribution < -0.4 is 0 Å². The van der Waals surface area contributed by atoms with Crippen LogP contribution in [0.1, 0.15) is 97.3 Å². The van der Waals surface area contributed by atoms with Crippen LogP contribution >= 0.6 is 0 Å². The van der Waals surface area contributed by atoms with Gasteiger partial charge in [0.15, 0.2) is 6.10 Å². The molecular formula is C24H46NO4+. The predicted octanol–water partition coefficient (Wildman–Crippen LogP) is 5.93. The summed E-state index contributed by atoms with van der Waals surface area (Å²) in [6, 6.07) is 0. The van der Waals surface area contributed by atoms with E-state index in [-0.39, 0.29) is 18.3 Å². The van der Waals surface area contributed by atoms with Gasteiger partial charge >= 0.3 is 11.9 Å².